The molecular formula is C24H29FN6O. The second-order valence-corrected chi connectivity index (χ2v) is 9.50. The van der Waals surface area contributed by atoms with Crippen LogP contribution in [0, 0.1) is 13.8 Å². The summed E-state index contributed by atoms with van der Waals surface area (Å²) in [5.41, 5.74) is 5.05. The molecule has 2 aliphatic heterocycles. The van der Waals surface area contributed by atoms with Crippen molar-refractivity contribution in [3.8, 4) is 0 Å². The Labute approximate surface area is 187 Å². The van der Waals surface area contributed by atoms with Gasteiger partial charge in [-0.25, -0.2) is 14.4 Å². The van der Waals surface area contributed by atoms with E-state index in [1.807, 2.05) is 12.4 Å². The number of rotatable bonds is 5. The van der Waals surface area contributed by atoms with Crippen LogP contribution in [0.1, 0.15) is 48.0 Å². The van der Waals surface area contributed by atoms with Gasteiger partial charge in [0.15, 0.2) is 0 Å². The van der Waals surface area contributed by atoms with E-state index in [-0.39, 0.29) is 5.92 Å². The zero-order valence-electron chi connectivity index (χ0n) is 18.6. The van der Waals surface area contributed by atoms with E-state index in [0.717, 1.165) is 59.6 Å². The third kappa shape index (κ3) is 3.55. The summed E-state index contributed by atoms with van der Waals surface area (Å²) in [5.74, 6) is 0.449. The smallest absolute Gasteiger partial charge is 0.227 e. The number of piperidine rings is 1. The molecule has 3 aliphatic rings. The molecule has 2 unspecified atom stereocenters. The highest BCUT2D eigenvalue weighted by Crippen LogP contribution is 2.37. The Hall–Kier alpha value is -2.58. The van der Waals surface area contributed by atoms with Crippen LogP contribution in [0.2, 0.25) is 0 Å². The first-order valence-electron chi connectivity index (χ1n) is 11.6. The second kappa shape index (κ2) is 7.78. The van der Waals surface area contributed by atoms with Crippen molar-refractivity contribution in [1.29, 1.82) is 0 Å². The zero-order valence-corrected chi connectivity index (χ0v) is 18.6. The molecular weight excluding hydrogens is 407 g/mol. The van der Waals surface area contributed by atoms with Crippen LogP contribution in [0.4, 0.5) is 16.0 Å². The Morgan fingerprint density at radius 3 is 2.66 bits per heavy atom. The van der Waals surface area contributed by atoms with Crippen molar-refractivity contribution in [2.45, 2.75) is 57.3 Å². The summed E-state index contributed by atoms with van der Waals surface area (Å²) < 4.78 is 22.6. The Kier molecular flexibility index (Phi) is 4.87. The lowest BCUT2D eigenvalue weighted by molar-refractivity contribution is -0.0807. The number of halogens is 1. The van der Waals surface area contributed by atoms with E-state index >= 15 is 4.39 Å². The van der Waals surface area contributed by atoms with E-state index in [0.29, 0.717) is 24.6 Å². The number of aryl methyl sites for hydroxylation is 1. The number of fused-ring (bicyclic) bond motifs is 1. The largest absolute Gasteiger partial charge is 0.378 e. The maximum Gasteiger partial charge on any atom is 0.227 e. The van der Waals surface area contributed by atoms with Gasteiger partial charge in [0.2, 0.25) is 5.95 Å². The molecule has 1 aromatic carbocycles. The zero-order chi connectivity index (χ0) is 21.8. The van der Waals surface area contributed by atoms with Crippen molar-refractivity contribution in [3.05, 3.63) is 41.3 Å². The fourth-order valence-electron chi connectivity index (χ4n) is 5.07. The molecule has 0 spiro atoms. The maximum absolute atomic E-state index is 15.2. The van der Waals surface area contributed by atoms with Crippen molar-refractivity contribution in [2.24, 2.45) is 0 Å². The van der Waals surface area contributed by atoms with Crippen LogP contribution in [0.15, 0.2) is 24.5 Å². The minimum Gasteiger partial charge on any atom is -0.378 e. The van der Waals surface area contributed by atoms with Gasteiger partial charge in [0.25, 0.3) is 0 Å². The summed E-state index contributed by atoms with van der Waals surface area (Å²) in [7, 11) is 0. The number of aromatic nitrogens is 4. The second-order valence-electron chi connectivity index (χ2n) is 9.50. The van der Waals surface area contributed by atoms with Crippen molar-refractivity contribution in [3.63, 3.8) is 0 Å². The summed E-state index contributed by atoms with van der Waals surface area (Å²) in [6.07, 6.45) is 6.01. The minimum atomic E-state index is -0.879. The standard InChI is InChI=1S/C24H29FN6O/c1-14-7-16-9-26-24(29-23-10-27-31(15(23)2)17-3-4-17)28-22(16)8-20(14)19-5-6-30(11-21(19)25)18-12-32-13-18/h7-10,17-19,21H,3-6,11-13H2,1-2H3,(H,26,28,29). The summed E-state index contributed by atoms with van der Waals surface area (Å²) in [6.45, 7) is 7.00. The fourth-order valence-corrected chi connectivity index (χ4v) is 5.07. The molecule has 3 fully saturated rings. The Balaban J connectivity index is 1.25. The van der Waals surface area contributed by atoms with Gasteiger partial charge in [-0.1, -0.05) is 0 Å². The van der Waals surface area contributed by atoms with E-state index in [1.165, 1.54) is 12.8 Å². The topological polar surface area (TPSA) is 68.1 Å². The van der Waals surface area contributed by atoms with E-state index in [4.69, 9.17) is 9.72 Å². The van der Waals surface area contributed by atoms with E-state index in [2.05, 4.69) is 51.0 Å². The van der Waals surface area contributed by atoms with Crippen LogP contribution < -0.4 is 5.32 Å². The lowest BCUT2D eigenvalue weighted by Crippen LogP contribution is -2.54. The van der Waals surface area contributed by atoms with Crippen molar-refractivity contribution < 1.29 is 9.13 Å². The average Bonchev–Trinajstić information content (AvgIpc) is 3.51. The van der Waals surface area contributed by atoms with Crippen LogP contribution in [-0.4, -0.2) is 63.2 Å². The first-order chi connectivity index (χ1) is 15.6. The molecule has 2 aromatic heterocycles. The van der Waals surface area contributed by atoms with Gasteiger partial charge in [-0.05, 0) is 62.9 Å². The normalized spacial score (nSPS) is 24.6. The van der Waals surface area contributed by atoms with Crippen LogP contribution in [-0.2, 0) is 4.74 Å². The molecule has 168 valence electrons. The van der Waals surface area contributed by atoms with Crippen LogP contribution in [0.5, 0.6) is 0 Å². The van der Waals surface area contributed by atoms with Crippen LogP contribution in [0.3, 0.4) is 0 Å². The third-order valence-corrected chi connectivity index (χ3v) is 7.26. The number of anilines is 2. The van der Waals surface area contributed by atoms with Gasteiger partial charge in [0, 0.05) is 24.0 Å². The highest BCUT2D eigenvalue weighted by molar-refractivity contribution is 5.81. The molecule has 1 aliphatic carbocycles. The number of hydrogen-bond donors (Lipinski definition) is 1. The summed E-state index contributed by atoms with van der Waals surface area (Å²) in [5, 5.41) is 8.80. The van der Waals surface area contributed by atoms with E-state index in [9.17, 15) is 0 Å². The highest BCUT2D eigenvalue weighted by atomic mass is 19.1. The molecule has 0 bridgehead atoms. The maximum atomic E-state index is 15.2. The number of likely N-dealkylation sites (tertiary alicyclic amines) is 1. The van der Waals surface area contributed by atoms with Crippen molar-refractivity contribution >= 4 is 22.5 Å². The summed E-state index contributed by atoms with van der Waals surface area (Å²) in [4.78, 5) is 11.5. The number of benzene rings is 1. The number of hydrogen-bond acceptors (Lipinski definition) is 6. The lowest BCUT2D eigenvalue weighted by atomic mass is 9.84. The summed E-state index contributed by atoms with van der Waals surface area (Å²) in [6, 6.07) is 5.08. The monoisotopic (exact) mass is 436 g/mol. The molecule has 1 saturated carbocycles. The molecule has 6 rings (SSSR count). The average molecular weight is 437 g/mol. The first-order valence-corrected chi connectivity index (χ1v) is 11.6. The SMILES string of the molecule is Cc1cc2cnc(Nc3cnn(C4CC4)c3C)nc2cc1C1CCN(C2COC2)CC1F. The molecule has 0 radical (unpaired) electrons. The summed E-state index contributed by atoms with van der Waals surface area (Å²) >= 11 is 0. The molecule has 2 atom stereocenters. The first kappa shape index (κ1) is 20.1. The molecule has 4 heterocycles. The fraction of sp³-hybridized carbons (Fsp3) is 0.542. The molecule has 3 aromatic rings. The Morgan fingerprint density at radius 1 is 1.09 bits per heavy atom. The molecule has 8 heteroatoms. The number of nitrogens with one attached hydrogen (secondary N) is 1. The van der Waals surface area contributed by atoms with Gasteiger partial charge >= 0.3 is 0 Å². The van der Waals surface area contributed by atoms with E-state index < -0.39 is 6.17 Å². The van der Waals surface area contributed by atoms with Gasteiger partial charge in [-0.3, -0.25) is 9.58 Å². The highest BCUT2D eigenvalue weighted by Gasteiger charge is 2.36. The van der Waals surface area contributed by atoms with Gasteiger partial charge in [-0.15, -0.1) is 0 Å². The van der Waals surface area contributed by atoms with Crippen molar-refractivity contribution in [2.75, 3.05) is 31.6 Å². The Morgan fingerprint density at radius 2 is 1.94 bits per heavy atom. The molecule has 1 N–H and O–H groups in total. The predicted molar refractivity (Wildman–Crippen MR) is 121 cm³/mol. The van der Waals surface area contributed by atoms with Gasteiger partial charge in [0.05, 0.1) is 48.4 Å². The number of alkyl halides is 1. The minimum absolute atomic E-state index is 0.0953. The molecule has 2 saturated heterocycles. The quantitative estimate of drug-likeness (QED) is 0.651. The molecule has 7 nitrogen and oxygen atoms in total. The van der Waals surface area contributed by atoms with Crippen LogP contribution >= 0.6 is 0 Å². The van der Waals surface area contributed by atoms with Gasteiger partial charge in [0.1, 0.15) is 6.17 Å². The lowest BCUT2D eigenvalue weighted by Gasteiger charge is -2.43. The van der Waals surface area contributed by atoms with E-state index in [1.54, 1.807) is 0 Å². The van der Waals surface area contributed by atoms with Gasteiger partial charge in [-0.2, -0.15) is 5.10 Å². The van der Waals surface area contributed by atoms with Crippen LogP contribution in [0.25, 0.3) is 10.9 Å². The number of ether oxygens (including phenoxy) is 1. The van der Waals surface area contributed by atoms with Crippen molar-refractivity contribution in [1.82, 2.24) is 24.6 Å². The molecule has 32 heavy (non-hydrogen) atoms. The number of nitrogens with zero attached hydrogens (tertiary/aromatic N) is 5. The third-order valence-electron chi connectivity index (χ3n) is 7.26. The molecule has 0 amide bonds. The Bertz CT molecular complexity index is 1150. The van der Waals surface area contributed by atoms with Gasteiger partial charge < -0.3 is 10.1 Å². The predicted octanol–water partition coefficient (Wildman–Crippen LogP) is 4.05.